The van der Waals surface area contributed by atoms with E-state index in [2.05, 4.69) is 10.6 Å². The number of rotatable bonds is 3. The topological polar surface area (TPSA) is 78.4 Å². The van der Waals surface area contributed by atoms with Gasteiger partial charge in [-0.3, -0.25) is 4.79 Å². The normalized spacial score (nSPS) is 13.8. The van der Waals surface area contributed by atoms with Gasteiger partial charge in [0, 0.05) is 6.20 Å². The Balaban J connectivity index is 2.21. The Kier molecular flexibility index (Phi) is 3.34. The van der Waals surface area contributed by atoms with E-state index in [-0.39, 0.29) is 11.1 Å². The summed E-state index contributed by atoms with van der Waals surface area (Å²) in [5.74, 6) is -0.816. The summed E-state index contributed by atoms with van der Waals surface area (Å²) in [6, 6.07) is 6.12. The van der Waals surface area contributed by atoms with Gasteiger partial charge in [0.25, 0.3) is 5.91 Å². The molecule has 0 fully saturated rings. The zero-order valence-corrected chi connectivity index (χ0v) is 9.58. The van der Waals surface area contributed by atoms with Crippen molar-refractivity contribution in [3.63, 3.8) is 0 Å². The van der Waals surface area contributed by atoms with Gasteiger partial charge in [0.1, 0.15) is 0 Å². The van der Waals surface area contributed by atoms with Crippen LogP contribution in [0.4, 0.5) is 0 Å². The lowest BCUT2D eigenvalue weighted by Gasteiger charge is -2.06. The zero-order valence-electron chi connectivity index (χ0n) is 8.77. The van der Waals surface area contributed by atoms with E-state index in [0.29, 0.717) is 10.9 Å². The maximum Gasteiger partial charge on any atom is 0.336 e. The number of carbonyl (C=O) groups excluding carboxylic acids is 1. The molecule has 0 saturated heterocycles. The summed E-state index contributed by atoms with van der Waals surface area (Å²) >= 11 is 1.45. The zero-order chi connectivity index (χ0) is 12.3. The van der Waals surface area contributed by atoms with Crippen molar-refractivity contribution in [3.8, 4) is 0 Å². The second-order valence-corrected chi connectivity index (χ2v) is 4.32. The smallest absolute Gasteiger partial charge is 0.336 e. The molecule has 17 heavy (non-hydrogen) atoms. The molecule has 0 saturated carbocycles. The minimum absolute atomic E-state index is 0.00144. The van der Waals surface area contributed by atoms with Gasteiger partial charge in [0.2, 0.25) is 0 Å². The number of benzene rings is 1. The average molecular weight is 250 g/mol. The first-order chi connectivity index (χ1) is 8.18. The molecule has 0 spiro atoms. The Hall–Kier alpha value is -1.95. The van der Waals surface area contributed by atoms with Crippen molar-refractivity contribution in [2.75, 3.05) is 5.88 Å². The van der Waals surface area contributed by atoms with Crippen LogP contribution in [0.5, 0.6) is 0 Å². The molecule has 0 aromatic heterocycles. The Bertz CT molecular complexity index is 499. The van der Waals surface area contributed by atoms with Crippen molar-refractivity contribution in [2.24, 2.45) is 0 Å². The minimum Gasteiger partial charge on any atom is -0.478 e. The van der Waals surface area contributed by atoms with Gasteiger partial charge in [-0.05, 0) is 12.1 Å². The lowest BCUT2D eigenvalue weighted by molar-refractivity contribution is 0.0691. The van der Waals surface area contributed by atoms with E-state index < -0.39 is 11.9 Å². The van der Waals surface area contributed by atoms with E-state index in [4.69, 9.17) is 5.11 Å². The quantitative estimate of drug-likeness (QED) is 0.751. The highest BCUT2D eigenvalue weighted by atomic mass is 32.2. The predicted molar refractivity (Wildman–Crippen MR) is 64.5 cm³/mol. The van der Waals surface area contributed by atoms with Crippen molar-refractivity contribution in [1.29, 1.82) is 0 Å². The van der Waals surface area contributed by atoms with Gasteiger partial charge in [-0.2, -0.15) is 0 Å². The fraction of sp³-hybridized carbons (Fsp3) is 0.0909. The van der Waals surface area contributed by atoms with Crippen LogP contribution in [0.2, 0.25) is 0 Å². The number of thioether (sulfide) groups is 1. The summed E-state index contributed by atoms with van der Waals surface area (Å²) in [4.78, 5) is 22.8. The number of aromatic carboxylic acids is 1. The van der Waals surface area contributed by atoms with E-state index >= 15 is 0 Å². The largest absolute Gasteiger partial charge is 0.478 e. The standard InChI is InChI=1S/C11H10N2O3S/c14-10(13-9-5-12-6-17-9)7-3-1-2-4-8(7)11(15)16/h1-5,12H,6H2,(H,13,14)(H,15,16). The van der Waals surface area contributed by atoms with Gasteiger partial charge in [-0.15, -0.1) is 0 Å². The number of carbonyl (C=O) groups is 2. The highest BCUT2D eigenvalue weighted by Gasteiger charge is 2.17. The first kappa shape index (κ1) is 11.5. The van der Waals surface area contributed by atoms with Crippen LogP contribution in [0.3, 0.4) is 0 Å². The van der Waals surface area contributed by atoms with E-state index in [1.165, 1.54) is 23.9 Å². The van der Waals surface area contributed by atoms with E-state index in [1.54, 1.807) is 18.3 Å². The van der Waals surface area contributed by atoms with Crippen LogP contribution in [0.1, 0.15) is 20.7 Å². The van der Waals surface area contributed by atoms with Crippen LogP contribution in [0.15, 0.2) is 35.5 Å². The first-order valence-corrected chi connectivity index (χ1v) is 5.87. The molecule has 1 aromatic rings. The predicted octanol–water partition coefficient (Wildman–Crippen LogP) is 1.21. The summed E-state index contributed by atoms with van der Waals surface area (Å²) < 4.78 is 0. The number of carboxylic acid groups (broad SMARTS) is 1. The molecular formula is C11H10N2O3S. The molecule has 1 aromatic carbocycles. The first-order valence-electron chi connectivity index (χ1n) is 4.88. The third-order valence-electron chi connectivity index (χ3n) is 2.18. The maximum absolute atomic E-state index is 11.9. The molecule has 88 valence electrons. The maximum atomic E-state index is 11.9. The third kappa shape index (κ3) is 2.59. The summed E-state index contributed by atoms with van der Waals surface area (Å²) in [6.07, 6.45) is 1.69. The Morgan fingerprint density at radius 1 is 1.29 bits per heavy atom. The fourth-order valence-electron chi connectivity index (χ4n) is 1.41. The molecular weight excluding hydrogens is 240 g/mol. The Morgan fingerprint density at radius 3 is 2.59 bits per heavy atom. The fourth-order valence-corrected chi connectivity index (χ4v) is 2.07. The number of hydrogen-bond acceptors (Lipinski definition) is 4. The van der Waals surface area contributed by atoms with Crippen LogP contribution < -0.4 is 10.6 Å². The van der Waals surface area contributed by atoms with Gasteiger partial charge in [0.15, 0.2) is 0 Å². The summed E-state index contributed by atoms with van der Waals surface area (Å²) in [6.45, 7) is 0. The highest BCUT2D eigenvalue weighted by molar-refractivity contribution is 8.03. The summed E-state index contributed by atoms with van der Waals surface area (Å²) in [7, 11) is 0. The molecule has 0 unspecified atom stereocenters. The molecule has 0 atom stereocenters. The highest BCUT2D eigenvalue weighted by Crippen LogP contribution is 2.17. The van der Waals surface area contributed by atoms with Gasteiger partial charge in [0.05, 0.1) is 22.0 Å². The molecule has 2 rings (SSSR count). The average Bonchev–Trinajstić information content (AvgIpc) is 2.81. The van der Waals surface area contributed by atoms with E-state index in [9.17, 15) is 9.59 Å². The number of carboxylic acids is 1. The summed E-state index contributed by atoms with van der Waals surface area (Å²) in [5.41, 5.74) is 0.162. The number of nitrogens with one attached hydrogen (secondary N) is 2. The molecule has 1 heterocycles. The molecule has 5 nitrogen and oxygen atoms in total. The summed E-state index contributed by atoms with van der Waals surface area (Å²) in [5, 5.41) is 15.2. The molecule has 0 bridgehead atoms. The van der Waals surface area contributed by atoms with Gasteiger partial charge in [-0.1, -0.05) is 23.9 Å². The van der Waals surface area contributed by atoms with Crippen molar-refractivity contribution in [3.05, 3.63) is 46.6 Å². The van der Waals surface area contributed by atoms with Crippen LogP contribution in [0, 0.1) is 0 Å². The van der Waals surface area contributed by atoms with Crippen LogP contribution in [-0.4, -0.2) is 22.9 Å². The van der Waals surface area contributed by atoms with Crippen molar-refractivity contribution in [2.45, 2.75) is 0 Å². The molecule has 1 aliphatic rings. The molecule has 3 N–H and O–H groups in total. The van der Waals surface area contributed by atoms with E-state index in [1.807, 2.05) is 0 Å². The number of amides is 1. The molecule has 0 aliphatic carbocycles. The Morgan fingerprint density at radius 2 is 2.00 bits per heavy atom. The lowest BCUT2D eigenvalue weighted by Crippen LogP contribution is -2.23. The molecule has 1 aliphatic heterocycles. The van der Waals surface area contributed by atoms with Crippen molar-refractivity contribution >= 4 is 23.6 Å². The number of hydrogen-bond donors (Lipinski definition) is 3. The van der Waals surface area contributed by atoms with Gasteiger partial charge >= 0.3 is 5.97 Å². The van der Waals surface area contributed by atoms with Crippen LogP contribution in [0.25, 0.3) is 0 Å². The van der Waals surface area contributed by atoms with Crippen molar-refractivity contribution in [1.82, 2.24) is 10.6 Å². The second-order valence-electron chi connectivity index (χ2n) is 3.31. The minimum atomic E-state index is -1.11. The molecule has 1 amide bonds. The van der Waals surface area contributed by atoms with Gasteiger partial charge < -0.3 is 15.7 Å². The van der Waals surface area contributed by atoms with Crippen molar-refractivity contribution < 1.29 is 14.7 Å². The van der Waals surface area contributed by atoms with Gasteiger partial charge in [-0.25, -0.2) is 4.79 Å². The second kappa shape index (κ2) is 4.92. The Labute approximate surface area is 102 Å². The van der Waals surface area contributed by atoms with Crippen LogP contribution in [-0.2, 0) is 0 Å². The molecule has 0 radical (unpaired) electrons. The lowest BCUT2D eigenvalue weighted by atomic mass is 10.1. The molecule has 6 heteroatoms. The SMILES string of the molecule is O=C(O)c1ccccc1C(=O)NC1=CNCS1. The van der Waals surface area contributed by atoms with Crippen LogP contribution >= 0.6 is 11.8 Å². The van der Waals surface area contributed by atoms with E-state index in [0.717, 1.165) is 0 Å². The monoisotopic (exact) mass is 250 g/mol. The third-order valence-corrected chi connectivity index (χ3v) is 3.02.